The lowest BCUT2D eigenvalue weighted by atomic mass is 10.3. The Morgan fingerprint density at radius 3 is 1.14 bits per heavy atom. The van der Waals surface area contributed by atoms with Gasteiger partial charge in [0.1, 0.15) is 12.2 Å². The quantitative estimate of drug-likeness (QED) is 0.0400. The molecule has 0 fully saturated rings. The Labute approximate surface area is 345 Å². The smallest absolute Gasteiger partial charge is 0.397 e. The van der Waals surface area contributed by atoms with E-state index in [0.29, 0.717) is 6.61 Å². The first kappa shape index (κ1) is 66.9. The van der Waals surface area contributed by atoms with Crippen LogP contribution in [-0.4, -0.2) is 142 Å². The molecule has 0 saturated heterocycles. The minimum absolute atomic E-state index is 0.169. The van der Waals surface area contributed by atoms with E-state index >= 15 is 0 Å². The highest BCUT2D eigenvalue weighted by atomic mass is 19.4. The van der Waals surface area contributed by atoms with Gasteiger partial charge < -0.3 is 33.9 Å². The van der Waals surface area contributed by atoms with Crippen LogP contribution in [0.3, 0.4) is 0 Å². The molecule has 0 heterocycles. The monoisotopic (exact) mass is 1060 g/mol. The van der Waals surface area contributed by atoms with Crippen LogP contribution in [0.15, 0.2) is 37.4 Å². The fourth-order valence-corrected chi connectivity index (χ4v) is 2.54. The van der Waals surface area contributed by atoms with E-state index in [-0.39, 0.29) is 13.2 Å². The predicted octanol–water partition coefficient (Wildman–Crippen LogP) is 10.4. The number of hydrogen-bond acceptors (Lipinski definition) is 9. The van der Waals surface area contributed by atoms with Crippen molar-refractivity contribution < 1.29 is 175 Å². The molecule has 0 aromatic rings. The van der Waals surface area contributed by atoms with Crippen LogP contribution in [0.1, 0.15) is 0 Å². The SMILES string of the molecule is C=CCOCC(COC(F)(F)C(F)OC(F)(F)C(F)(F)C(F)(F)F)OC(F)(F)C(F)OC(F)(F)C(F)(F)C(F)(F)F.C=CCOCC(O)CO.FC(F)=C(F)OC(F)(F)C(F)(F)C(F)(F)F. The first-order valence-electron chi connectivity index (χ1n) is 15.3. The third-order valence-electron chi connectivity index (χ3n) is 5.64. The predicted molar refractivity (Wildman–Crippen MR) is 147 cm³/mol. The van der Waals surface area contributed by atoms with Gasteiger partial charge >= 0.3 is 78.9 Å². The summed E-state index contributed by atoms with van der Waals surface area (Å²) in [5.74, 6) is -21.4. The molecule has 0 aliphatic carbocycles. The Morgan fingerprint density at radius 1 is 0.485 bits per heavy atom. The summed E-state index contributed by atoms with van der Waals surface area (Å²) >= 11 is 0. The van der Waals surface area contributed by atoms with Crippen LogP contribution in [0.2, 0.25) is 0 Å². The van der Waals surface area contributed by atoms with E-state index in [1.165, 1.54) is 0 Å². The average Bonchev–Trinajstić information content (AvgIpc) is 3.12. The maximum atomic E-state index is 13.7. The molecule has 0 radical (unpaired) electrons. The largest absolute Gasteiger partial charge is 0.476 e. The van der Waals surface area contributed by atoms with Gasteiger partial charge in [-0.15, -0.1) is 13.2 Å². The zero-order valence-electron chi connectivity index (χ0n) is 30.7. The molecule has 9 nitrogen and oxygen atoms in total. The summed E-state index contributed by atoms with van der Waals surface area (Å²) in [4.78, 5) is 0. The summed E-state index contributed by atoms with van der Waals surface area (Å²) < 4.78 is 394. The Balaban J connectivity index is -0.00000129. The van der Waals surface area contributed by atoms with Gasteiger partial charge in [-0.2, -0.15) is 123 Å². The van der Waals surface area contributed by atoms with Crippen LogP contribution >= 0.6 is 0 Å². The first-order valence-corrected chi connectivity index (χ1v) is 15.3. The highest BCUT2D eigenvalue weighted by Crippen LogP contribution is 2.51. The summed E-state index contributed by atoms with van der Waals surface area (Å²) in [6, 6.07) is -3.52. The Morgan fingerprint density at radius 2 is 0.818 bits per heavy atom. The minimum atomic E-state index is -7.31. The maximum Gasteiger partial charge on any atom is 0.476 e. The summed E-state index contributed by atoms with van der Waals surface area (Å²) in [5, 5.41) is 17.0. The van der Waals surface area contributed by atoms with Gasteiger partial charge in [0.05, 0.1) is 39.6 Å². The molecule has 0 aliphatic heterocycles. The van der Waals surface area contributed by atoms with Gasteiger partial charge in [0.25, 0.3) is 12.7 Å². The molecule has 0 bridgehead atoms. The number of alkyl halides is 27. The van der Waals surface area contributed by atoms with E-state index in [9.17, 15) is 132 Å². The molecule has 396 valence electrons. The zero-order valence-corrected chi connectivity index (χ0v) is 30.7. The molecule has 39 heteroatoms. The Kier molecular flexibility index (Phi) is 25.1. The van der Waals surface area contributed by atoms with Crippen molar-refractivity contribution in [2.45, 2.75) is 91.8 Å². The van der Waals surface area contributed by atoms with Crippen LogP contribution in [-0.2, 0) is 33.2 Å². The lowest BCUT2D eigenvalue weighted by Crippen LogP contribution is -2.56. The van der Waals surface area contributed by atoms with Crippen LogP contribution in [0.25, 0.3) is 0 Å². The van der Waals surface area contributed by atoms with E-state index in [2.05, 4.69) is 36.8 Å². The molecule has 0 rings (SSSR count). The van der Waals surface area contributed by atoms with Gasteiger partial charge in [-0.1, -0.05) is 12.2 Å². The minimum Gasteiger partial charge on any atom is -0.397 e. The second kappa shape index (κ2) is 24.8. The lowest BCUT2D eigenvalue weighted by molar-refractivity contribution is -0.472. The van der Waals surface area contributed by atoms with Crippen molar-refractivity contribution in [3.05, 3.63) is 37.4 Å². The van der Waals surface area contributed by atoms with Gasteiger partial charge in [-0.25, -0.2) is 8.78 Å². The highest BCUT2D eigenvalue weighted by molar-refractivity contribution is 4.91. The average molecular weight is 1060 g/mol. The third-order valence-corrected chi connectivity index (χ3v) is 5.64. The van der Waals surface area contributed by atoms with Gasteiger partial charge in [0.2, 0.25) is 0 Å². The van der Waals surface area contributed by atoms with Crippen molar-refractivity contribution >= 4 is 0 Å². The molecule has 0 aromatic carbocycles. The highest BCUT2D eigenvalue weighted by Gasteiger charge is 2.78. The van der Waals surface area contributed by atoms with Crippen LogP contribution in [0.5, 0.6) is 0 Å². The molecule has 0 aromatic heterocycles. The lowest BCUT2D eigenvalue weighted by Gasteiger charge is -2.32. The number of rotatable bonds is 25. The molecular weight excluding hydrogens is 1040 g/mol. The number of hydrogen-bond donors (Lipinski definition) is 2. The van der Waals surface area contributed by atoms with Crippen molar-refractivity contribution in [1.82, 2.24) is 0 Å². The Hall–Kier alpha value is -3.40. The van der Waals surface area contributed by atoms with Gasteiger partial charge in [-0.05, 0) is 0 Å². The molecular formula is C27H24F30O9. The molecule has 0 amide bonds. The maximum absolute atomic E-state index is 13.7. The standard InChI is InChI=1S/C16H12F20O5.C6H12O3.C5F10O/c1-2-3-37-4-6(39-10(21,22)8(18)41-16(35,36)12(25,26)14(30,31)32)5-38-9(19,20)7(17)40-15(33,34)11(23,24)13(27,28)29;1-2-3-9-5-6(8)4-7;6-1(7)2(8)16-5(14,15)3(9,10)4(11,12)13/h2,6-8H,1,3-5H2;2,6-8H,1,3-5H2;. The fraction of sp³-hybridized carbons (Fsp3) is 0.778. The molecule has 0 aliphatic rings. The Bertz CT molecular complexity index is 1480. The summed E-state index contributed by atoms with van der Waals surface area (Å²) in [7, 11) is 0. The molecule has 0 spiro atoms. The number of ether oxygens (including phenoxy) is 7. The summed E-state index contributed by atoms with van der Waals surface area (Å²) in [6.07, 6.45) is -69.7. The molecule has 0 saturated carbocycles. The van der Waals surface area contributed by atoms with Crippen molar-refractivity contribution in [2.75, 3.05) is 39.6 Å². The van der Waals surface area contributed by atoms with Gasteiger partial charge in [-0.3, -0.25) is 9.47 Å². The van der Waals surface area contributed by atoms with E-state index in [0.717, 1.165) is 6.08 Å². The van der Waals surface area contributed by atoms with E-state index < -0.39 is 124 Å². The number of halogens is 30. The zero-order chi connectivity index (χ0) is 53.6. The fourth-order valence-electron chi connectivity index (χ4n) is 2.54. The molecule has 4 atom stereocenters. The van der Waals surface area contributed by atoms with Crippen LogP contribution in [0.4, 0.5) is 132 Å². The summed E-state index contributed by atoms with van der Waals surface area (Å²) in [5.41, 5.74) is 0. The second-order valence-electron chi connectivity index (χ2n) is 10.9. The first-order chi connectivity index (χ1) is 29.0. The van der Waals surface area contributed by atoms with Gasteiger partial charge in [0.15, 0.2) is 0 Å². The van der Waals surface area contributed by atoms with Crippen LogP contribution in [0, 0.1) is 0 Å². The second-order valence-corrected chi connectivity index (χ2v) is 10.9. The molecule has 66 heavy (non-hydrogen) atoms. The van der Waals surface area contributed by atoms with E-state index in [1.807, 2.05) is 4.74 Å². The summed E-state index contributed by atoms with van der Waals surface area (Å²) in [6.45, 7) is 1.84. The number of aliphatic hydroxyl groups excluding tert-OH is 2. The topological polar surface area (TPSA) is 105 Å². The third kappa shape index (κ3) is 19.7. The van der Waals surface area contributed by atoms with Crippen LogP contribution < -0.4 is 0 Å². The molecule has 4 unspecified atom stereocenters. The van der Waals surface area contributed by atoms with Crippen molar-refractivity contribution in [3.63, 3.8) is 0 Å². The van der Waals surface area contributed by atoms with Gasteiger partial charge in [0, 0.05) is 0 Å². The van der Waals surface area contributed by atoms with Crippen molar-refractivity contribution in [2.24, 2.45) is 0 Å². The van der Waals surface area contributed by atoms with E-state index in [4.69, 9.17) is 14.9 Å². The molecule has 2 N–H and O–H groups in total. The van der Waals surface area contributed by atoms with Crippen molar-refractivity contribution in [1.29, 1.82) is 0 Å². The normalized spacial score (nSPS) is 15.9. The number of aliphatic hydroxyl groups is 2. The van der Waals surface area contributed by atoms with E-state index in [1.54, 1.807) is 6.08 Å². The van der Waals surface area contributed by atoms with Crippen molar-refractivity contribution in [3.8, 4) is 0 Å².